The van der Waals surface area contributed by atoms with Crippen molar-refractivity contribution in [3.63, 3.8) is 0 Å². The summed E-state index contributed by atoms with van der Waals surface area (Å²) in [5, 5.41) is 3.97. The molecule has 1 heterocycles. The summed E-state index contributed by atoms with van der Waals surface area (Å²) in [6, 6.07) is 9.45. The number of hydrogen-bond donors (Lipinski definition) is 1. The summed E-state index contributed by atoms with van der Waals surface area (Å²) < 4.78 is 5.84. The van der Waals surface area contributed by atoms with E-state index in [0.717, 1.165) is 18.3 Å². The van der Waals surface area contributed by atoms with Gasteiger partial charge >= 0.3 is 0 Å². The Hall–Kier alpha value is -1.02. The third-order valence-corrected chi connectivity index (χ3v) is 6.34. The number of fused-ring (bicyclic) bond motifs is 3. The van der Waals surface area contributed by atoms with Gasteiger partial charge in [-0.15, -0.1) is 0 Å². The molecule has 4 rings (SSSR count). The minimum atomic E-state index is 0.367. The monoisotopic (exact) mass is 271 g/mol. The van der Waals surface area contributed by atoms with Crippen molar-refractivity contribution in [1.29, 1.82) is 0 Å². The van der Waals surface area contributed by atoms with E-state index in [1.165, 1.54) is 24.8 Å². The molecule has 20 heavy (non-hydrogen) atoms. The SMILES string of the molecule is CC12CCC(C1)C(C)(C)C2NC1COc2ccccc21. The van der Waals surface area contributed by atoms with Gasteiger partial charge < -0.3 is 10.1 Å². The molecule has 2 nitrogen and oxygen atoms in total. The predicted molar refractivity (Wildman–Crippen MR) is 80.8 cm³/mol. The van der Waals surface area contributed by atoms with E-state index in [0.29, 0.717) is 22.9 Å². The summed E-state index contributed by atoms with van der Waals surface area (Å²) in [5.74, 6) is 1.96. The second kappa shape index (κ2) is 4.00. The molecule has 3 aliphatic rings. The quantitative estimate of drug-likeness (QED) is 0.880. The number of para-hydroxylation sites is 1. The molecular weight excluding hydrogens is 246 g/mol. The van der Waals surface area contributed by atoms with Crippen molar-refractivity contribution in [1.82, 2.24) is 5.32 Å². The van der Waals surface area contributed by atoms with E-state index in [1.807, 2.05) is 0 Å². The van der Waals surface area contributed by atoms with Crippen molar-refractivity contribution in [3.8, 4) is 5.75 Å². The highest BCUT2D eigenvalue weighted by Crippen LogP contribution is 2.62. The molecule has 2 heteroatoms. The minimum absolute atomic E-state index is 0.367. The van der Waals surface area contributed by atoms with Gasteiger partial charge in [0, 0.05) is 11.6 Å². The number of nitrogens with one attached hydrogen (secondary N) is 1. The van der Waals surface area contributed by atoms with E-state index in [-0.39, 0.29) is 0 Å². The molecule has 0 amide bonds. The molecule has 0 saturated heterocycles. The molecule has 2 bridgehead atoms. The number of rotatable bonds is 2. The number of benzene rings is 1. The predicted octanol–water partition coefficient (Wildman–Crippen LogP) is 3.92. The van der Waals surface area contributed by atoms with Gasteiger partial charge in [-0.25, -0.2) is 0 Å². The summed E-state index contributed by atoms with van der Waals surface area (Å²) in [6.45, 7) is 8.19. The van der Waals surface area contributed by atoms with Crippen LogP contribution in [0.1, 0.15) is 51.6 Å². The van der Waals surface area contributed by atoms with Gasteiger partial charge in [-0.3, -0.25) is 0 Å². The Morgan fingerprint density at radius 3 is 2.75 bits per heavy atom. The third-order valence-electron chi connectivity index (χ3n) is 6.34. The Kier molecular flexibility index (Phi) is 2.54. The van der Waals surface area contributed by atoms with Crippen LogP contribution < -0.4 is 10.1 Å². The molecule has 1 aromatic rings. The lowest BCUT2D eigenvalue weighted by atomic mass is 9.68. The summed E-state index contributed by atoms with van der Waals surface area (Å²) in [7, 11) is 0. The van der Waals surface area contributed by atoms with Crippen LogP contribution in [-0.2, 0) is 0 Å². The highest BCUT2D eigenvalue weighted by molar-refractivity contribution is 5.39. The molecule has 2 saturated carbocycles. The lowest BCUT2D eigenvalue weighted by Gasteiger charge is -2.44. The lowest BCUT2D eigenvalue weighted by molar-refractivity contribution is 0.0945. The fraction of sp³-hybridized carbons (Fsp3) is 0.667. The smallest absolute Gasteiger partial charge is 0.124 e. The molecule has 0 radical (unpaired) electrons. The molecule has 2 fully saturated rings. The zero-order valence-corrected chi connectivity index (χ0v) is 12.8. The first-order valence-corrected chi connectivity index (χ1v) is 7.98. The third kappa shape index (κ3) is 1.60. The van der Waals surface area contributed by atoms with Crippen molar-refractivity contribution in [2.75, 3.05) is 6.61 Å². The molecule has 0 spiro atoms. The van der Waals surface area contributed by atoms with Crippen LogP contribution in [0.4, 0.5) is 0 Å². The first kappa shape index (κ1) is 12.7. The maximum atomic E-state index is 5.84. The van der Waals surface area contributed by atoms with Crippen LogP contribution in [0.15, 0.2) is 24.3 Å². The van der Waals surface area contributed by atoms with Gasteiger partial charge in [-0.05, 0) is 42.1 Å². The van der Waals surface area contributed by atoms with Crippen molar-refractivity contribution < 1.29 is 4.74 Å². The van der Waals surface area contributed by atoms with Gasteiger partial charge in [0.15, 0.2) is 0 Å². The van der Waals surface area contributed by atoms with Crippen molar-refractivity contribution in [2.24, 2.45) is 16.7 Å². The summed E-state index contributed by atoms with van der Waals surface area (Å²) >= 11 is 0. The molecule has 0 aromatic heterocycles. The highest BCUT2D eigenvalue weighted by atomic mass is 16.5. The van der Waals surface area contributed by atoms with Crippen LogP contribution in [0.5, 0.6) is 5.75 Å². The second-order valence-electron chi connectivity index (χ2n) is 7.92. The van der Waals surface area contributed by atoms with E-state index < -0.39 is 0 Å². The molecule has 108 valence electrons. The first-order chi connectivity index (χ1) is 9.51. The maximum Gasteiger partial charge on any atom is 0.124 e. The largest absolute Gasteiger partial charge is 0.491 e. The highest BCUT2D eigenvalue weighted by Gasteiger charge is 2.59. The Labute approximate surface area is 121 Å². The Morgan fingerprint density at radius 2 is 2.00 bits per heavy atom. The summed E-state index contributed by atoms with van der Waals surface area (Å²) in [5.41, 5.74) is 2.23. The molecule has 4 atom stereocenters. The summed E-state index contributed by atoms with van der Waals surface area (Å²) in [6.07, 6.45) is 4.19. The fourth-order valence-electron chi connectivity index (χ4n) is 5.22. The lowest BCUT2D eigenvalue weighted by Crippen LogP contribution is -2.51. The molecule has 1 aromatic carbocycles. The Balaban J connectivity index is 1.61. The minimum Gasteiger partial charge on any atom is -0.491 e. The van der Waals surface area contributed by atoms with Crippen molar-refractivity contribution in [3.05, 3.63) is 29.8 Å². The molecule has 4 unspecified atom stereocenters. The topological polar surface area (TPSA) is 21.3 Å². The average molecular weight is 271 g/mol. The van der Waals surface area contributed by atoms with E-state index in [9.17, 15) is 0 Å². The van der Waals surface area contributed by atoms with Crippen molar-refractivity contribution >= 4 is 0 Å². The van der Waals surface area contributed by atoms with Crippen LogP contribution >= 0.6 is 0 Å². The Morgan fingerprint density at radius 1 is 1.20 bits per heavy atom. The van der Waals surface area contributed by atoms with E-state index in [2.05, 4.69) is 50.4 Å². The zero-order chi connectivity index (χ0) is 14.0. The molecule has 2 aliphatic carbocycles. The maximum absolute atomic E-state index is 5.84. The van der Waals surface area contributed by atoms with Gasteiger partial charge in [0.25, 0.3) is 0 Å². The van der Waals surface area contributed by atoms with Crippen LogP contribution in [-0.4, -0.2) is 12.6 Å². The normalized spacial score (nSPS) is 40.6. The van der Waals surface area contributed by atoms with E-state index in [4.69, 9.17) is 4.74 Å². The van der Waals surface area contributed by atoms with Gasteiger partial charge in [-0.2, -0.15) is 0 Å². The first-order valence-electron chi connectivity index (χ1n) is 7.98. The molecule has 1 aliphatic heterocycles. The zero-order valence-electron chi connectivity index (χ0n) is 12.8. The van der Waals surface area contributed by atoms with Crippen LogP contribution in [0.3, 0.4) is 0 Å². The number of hydrogen-bond acceptors (Lipinski definition) is 2. The van der Waals surface area contributed by atoms with Gasteiger partial charge in [-0.1, -0.05) is 39.0 Å². The van der Waals surface area contributed by atoms with Crippen LogP contribution in [0, 0.1) is 16.7 Å². The van der Waals surface area contributed by atoms with Gasteiger partial charge in [0.1, 0.15) is 12.4 Å². The van der Waals surface area contributed by atoms with Gasteiger partial charge in [0.05, 0.1) is 6.04 Å². The molecular formula is C18H25NO. The van der Waals surface area contributed by atoms with E-state index >= 15 is 0 Å². The molecule has 1 N–H and O–H groups in total. The average Bonchev–Trinajstić information content (AvgIpc) is 3.04. The summed E-state index contributed by atoms with van der Waals surface area (Å²) in [4.78, 5) is 0. The fourth-order valence-corrected chi connectivity index (χ4v) is 5.22. The van der Waals surface area contributed by atoms with Crippen LogP contribution in [0.2, 0.25) is 0 Å². The van der Waals surface area contributed by atoms with Crippen molar-refractivity contribution in [2.45, 2.75) is 52.1 Å². The number of ether oxygens (including phenoxy) is 1. The standard InChI is InChI=1S/C18H25NO/c1-17(2)12-8-9-18(3,10-12)16(17)19-14-11-20-15-7-5-4-6-13(14)15/h4-7,12,14,16,19H,8-11H2,1-3H3. The van der Waals surface area contributed by atoms with E-state index in [1.54, 1.807) is 0 Å². The van der Waals surface area contributed by atoms with Crippen LogP contribution in [0.25, 0.3) is 0 Å². The second-order valence-corrected chi connectivity index (χ2v) is 7.92. The Bertz CT molecular complexity index is 533. The van der Waals surface area contributed by atoms with Gasteiger partial charge in [0.2, 0.25) is 0 Å².